The van der Waals surface area contributed by atoms with Crippen molar-refractivity contribution in [3.63, 3.8) is 0 Å². The molecular weight excluding hydrogens is 367 g/mol. The zero-order valence-electron chi connectivity index (χ0n) is 13.7. The molecule has 2 rings (SSSR count). The van der Waals surface area contributed by atoms with Gasteiger partial charge in [-0.1, -0.05) is 43.1 Å². The highest BCUT2D eigenvalue weighted by molar-refractivity contribution is 8.18. The zero-order chi connectivity index (χ0) is 17.7. The summed E-state index contributed by atoms with van der Waals surface area (Å²) < 4.78 is 0. The number of hydrogen-bond donors (Lipinski definition) is 0. The minimum Gasteiger partial charge on any atom is -0.286 e. The Hall–Kier alpha value is -1.01. The van der Waals surface area contributed by atoms with Crippen molar-refractivity contribution in [2.45, 2.75) is 26.7 Å². The van der Waals surface area contributed by atoms with Crippen LogP contribution < -0.4 is 0 Å². The Morgan fingerprint density at radius 1 is 1.17 bits per heavy atom. The first kappa shape index (κ1) is 19.3. The second kappa shape index (κ2) is 8.90. The minimum atomic E-state index is -0.270. The van der Waals surface area contributed by atoms with E-state index in [1.165, 1.54) is 4.90 Å². The molecule has 24 heavy (non-hydrogen) atoms. The van der Waals surface area contributed by atoms with Gasteiger partial charge in [-0.15, -0.1) is 0 Å². The fraction of sp³-hybridized carbons (Fsp3) is 0.412. The maximum Gasteiger partial charge on any atom is 0.294 e. The molecule has 0 spiro atoms. The third kappa shape index (κ3) is 4.76. The quantitative estimate of drug-likeness (QED) is 0.610. The molecule has 0 aromatic heterocycles. The lowest BCUT2D eigenvalue weighted by Gasteiger charge is -2.25. The molecule has 1 saturated heterocycles. The lowest BCUT2D eigenvalue weighted by Crippen LogP contribution is -2.41. The summed E-state index contributed by atoms with van der Waals surface area (Å²) in [4.78, 5) is 28.6. The van der Waals surface area contributed by atoms with Crippen molar-refractivity contribution in [1.82, 2.24) is 9.80 Å². The summed E-state index contributed by atoms with van der Waals surface area (Å²) in [7, 11) is 0. The number of rotatable bonds is 7. The Morgan fingerprint density at radius 3 is 2.42 bits per heavy atom. The van der Waals surface area contributed by atoms with Crippen LogP contribution in [0.3, 0.4) is 0 Å². The Morgan fingerprint density at radius 2 is 1.83 bits per heavy atom. The third-order valence-electron chi connectivity index (χ3n) is 3.54. The van der Waals surface area contributed by atoms with Crippen LogP contribution in [0.1, 0.15) is 32.3 Å². The van der Waals surface area contributed by atoms with Crippen molar-refractivity contribution >= 4 is 52.2 Å². The van der Waals surface area contributed by atoms with Crippen molar-refractivity contribution in [1.29, 1.82) is 0 Å². The van der Waals surface area contributed by atoms with Crippen molar-refractivity contribution in [2.24, 2.45) is 0 Å². The highest BCUT2D eigenvalue weighted by Gasteiger charge is 2.35. The highest BCUT2D eigenvalue weighted by Crippen LogP contribution is 2.34. The molecule has 1 aromatic rings. The molecule has 0 atom stereocenters. The lowest BCUT2D eigenvalue weighted by molar-refractivity contribution is -0.124. The van der Waals surface area contributed by atoms with Crippen LogP contribution in [0, 0.1) is 0 Å². The van der Waals surface area contributed by atoms with Gasteiger partial charge in [-0.25, -0.2) is 0 Å². The lowest BCUT2D eigenvalue weighted by atomic mass is 10.2. The Bertz CT molecular complexity index is 658. The molecule has 7 heteroatoms. The van der Waals surface area contributed by atoms with Crippen LogP contribution in [0.15, 0.2) is 23.1 Å². The summed E-state index contributed by atoms with van der Waals surface area (Å²) >= 11 is 13.0. The van der Waals surface area contributed by atoms with E-state index in [2.05, 4.69) is 18.7 Å². The standard InChI is InChI=1S/C17H20Cl2N2O2S/c1-3-7-20(8-4-2)11-21-16(22)15(24-17(21)23)9-12-5-6-13(18)10-14(12)19/h5-6,9-10H,3-4,7-8,11H2,1-2H3/b15-9+. The van der Waals surface area contributed by atoms with E-state index in [1.54, 1.807) is 24.3 Å². The molecule has 1 fully saturated rings. The molecular formula is C17H20Cl2N2O2S. The number of nitrogens with zero attached hydrogens (tertiary/aromatic N) is 2. The van der Waals surface area contributed by atoms with E-state index in [9.17, 15) is 9.59 Å². The molecule has 1 aromatic carbocycles. The van der Waals surface area contributed by atoms with E-state index in [4.69, 9.17) is 23.2 Å². The van der Waals surface area contributed by atoms with Gasteiger partial charge in [0, 0.05) is 10.0 Å². The molecule has 0 unspecified atom stereocenters. The van der Waals surface area contributed by atoms with Crippen molar-refractivity contribution in [3.8, 4) is 0 Å². The highest BCUT2D eigenvalue weighted by atomic mass is 35.5. The molecule has 0 N–H and O–H groups in total. The summed E-state index contributed by atoms with van der Waals surface area (Å²) in [6.07, 6.45) is 3.60. The maximum absolute atomic E-state index is 12.6. The Kier molecular flexibility index (Phi) is 7.16. The van der Waals surface area contributed by atoms with E-state index in [0.717, 1.165) is 37.7 Å². The van der Waals surface area contributed by atoms with Crippen LogP contribution in [0.4, 0.5) is 4.79 Å². The fourth-order valence-corrected chi connectivity index (χ4v) is 3.75. The summed E-state index contributed by atoms with van der Waals surface area (Å²) in [5.74, 6) is -0.270. The summed E-state index contributed by atoms with van der Waals surface area (Å²) in [6, 6.07) is 5.05. The zero-order valence-corrected chi connectivity index (χ0v) is 16.0. The second-order valence-electron chi connectivity index (χ2n) is 5.54. The average molecular weight is 387 g/mol. The number of halogens is 2. The minimum absolute atomic E-state index is 0.242. The van der Waals surface area contributed by atoms with E-state index >= 15 is 0 Å². The smallest absolute Gasteiger partial charge is 0.286 e. The van der Waals surface area contributed by atoms with Gasteiger partial charge in [0.25, 0.3) is 11.1 Å². The van der Waals surface area contributed by atoms with Gasteiger partial charge < -0.3 is 0 Å². The van der Waals surface area contributed by atoms with Crippen LogP contribution in [0.5, 0.6) is 0 Å². The molecule has 130 valence electrons. The molecule has 1 aliphatic heterocycles. The van der Waals surface area contributed by atoms with Crippen LogP contribution in [0.25, 0.3) is 6.08 Å². The van der Waals surface area contributed by atoms with E-state index < -0.39 is 0 Å². The summed E-state index contributed by atoms with van der Waals surface area (Å²) in [5.41, 5.74) is 0.672. The normalized spacial score (nSPS) is 16.7. The number of thioether (sulfide) groups is 1. The number of carbonyl (C=O) groups excluding carboxylic acids is 2. The van der Waals surface area contributed by atoms with E-state index in [1.807, 2.05) is 0 Å². The second-order valence-corrected chi connectivity index (χ2v) is 7.37. The summed E-state index contributed by atoms with van der Waals surface area (Å²) in [5, 5.41) is 0.737. The van der Waals surface area contributed by atoms with Crippen molar-refractivity contribution < 1.29 is 9.59 Å². The van der Waals surface area contributed by atoms with Gasteiger partial charge in [-0.05, 0) is 61.5 Å². The number of hydrogen-bond acceptors (Lipinski definition) is 4. The van der Waals surface area contributed by atoms with Gasteiger partial charge in [0.1, 0.15) is 0 Å². The molecule has 1 aliphatic rings. The summed E-state index contributed by atoms with van der Waals surface area (Å²) in [6.45, 7) is 6.21. The van der Waals surface area contributed by atoms with Gasteiger partial charge in [-0.2, -0.15) is 0 Å². The number of carbonyl (C=O) groups is 2. The van der Waals surface area contributed by atoms with Gasteiger partial charge in [0.05, 0.1) is 11.6 Å². The van der Waals surface area contributed by atoms with Crippen molar-refractivity contribution in [2.75, 3.05) is 19.8 Å². The molecule has 4 nitrogen and oxygen atoms in total. The van der Waals surface area contributed by atoms with Gasteiger partial charge in [0.2, 0.25) is 0 Å². The number of benzene rings is 1. The van der Waals surface area contributed by atoms with Crippen LogP contribution in [-0.4, -0.2) is 40.7 Å². The van der Waals surface area contributed by atoms with Crippen LogP contribution >= 0.6 is 35.0 Å². The number of amides is 2. The Balaban J connectivity index is 2.17. The van der Waals surface area contributed by atoms with E-state index in [-0.39, 0.29) is 11.1 Å². The van der Waals surface area contributed by atoms with Crippen LogP contribution in [-0.2, 0) is 4.79 Å². The molecule has 0 radical (unpaired) electrons. The molecule has 2 amide bonds. The fourth-order valence-electron chi connectivity index (χ4n) is 2.47. The third-order valence-corrected chi connectivity index (χ3v) is 5.01. The van der Waals surface area contributed by atoms with Crippen LogP contribution in [0.2, 0.25) is 10.0 Å². The first-order valence-corrected chi connectivity index (χ1v) is 9.46. The largest absolute Gasteiger partial charge is 0.294 e. The van der Waals surface area contributed by atoms with Gasteiger partial charge in [0.15, 0.2) is 0 Å². The van der Waals surface area contributed by atoms with Gasteiger partial charge in [-0.3, -0.25) is 19.4 Å². The average Bonchev–Trinajstić information content (AvgIpc) is 2.78. The predicted octanol–water partition coefficient (Wildman–Crippen LogP) is 5.11. The molecule has 0 bridgehead atoms. The number of imide groups is 1. The topological polar surface area (TPSA) is 40.6 Å². The SMILES string of the molecule is CCCN(CCC)CN1C(=O)S/C(=C/c2ccc(Cl)cc2Cl)C1=O. The van der Waals surface area contributed by atoms with E-state index in [0.29, 0.717) is 27.2 Å². The first-order chi connectivity index (χ1) is 11.5. The predicted molar refractivity (Wildman–Crippen MR) is 101 cm³/mol. The van der Waals surface area contributed by atoms with Crippen molar-refractivity contribution in [3.05, 3.63) is 38.7 Å². The maximum atomic E-state index is 12.6. The Labute approximate surface area is 156 Å². The monoisotopic (exact) mass is 386 g/mol. The molecule has 1 heterocycles. The first-order valence-electron chi connectivity index (χ1n) is 7.89. The van der Waals surface area contributed by atoms with Gasteiger partial charge >= 0.3 is 0 Å². The molecule has 0 aliphatic carbocycles. The molecule has 0 saturated carbocycles.